The molecular formula is C15H14ClIN2O3. The highest BCUT2D eigenvalue weighted by Crippen LogP contribution is 2.29. The summed E-state index contributed by atoms with van der Waals surface area (Å²) in [5.41, 5.74) is 2.63. The summed E-state index contributed by atoms with van der Waals surface area (Å²) in [5.74, 6) is -0.526. The van der Waals surface area contributed by atoms with Gasteiger partial charge in [0.1, 0.15) is 12.0 Å². The average molecular weight is 433 g/mol. The predicted molar refractivity (Wildman–Crippen MR) is 93.4 cm³/mol. The lowest BCUT2D eigenvalue weighted by molar-refractivity contribution is -0.134. The molecule has 1 heterocycles. The third kappa shape index (κ3) is 3.27. The number of halogens is 2. The van der Waals surface area contributed by atoms with Gasteiger partial charge in [0.2, 0.25) is 0 Å². The molecule has 0 amide bonds. The van der Waals surface area contributed by atoms with E-state index in [2.05, 4.69) is 27.7 Å². The van der Waals surface area contributed by atoms with Crippen molar-refractivity contribution in [1.29, 1.82) is 0 Å². The van der Waals surface area contributed by atoms with Crippen molar-refractivity contribution in [2.24, 2.45) is 0 Å². The molecule has 1 aromatic carbocycles. The molecule has 22 heavy (non-hydrogen) atoms. The van der Waals surface area contributed by atoms with Crippen molar-refractivity contribution in [3.63, 3.8) is 0 Å². The number of carbonyl (C=O) groups is 1. The first-order valence-corrected chi connectivity index (χ1v) is 7.78. The Bertz CT molecular complexity index is 740. The number of hydrogen-bond donors (Lipinski definition) is 0. The van der Waals surface area contributed by atoms with Crippen molar-refractivity contribution < 1.29 is 14.3 Å². The number of benzene rings is 1. The second-order valence-corrected chi connectivity index (χ2v) is 5.92. The standard InChI is InChI=1S/C15H14ClIN2O3/c1-9-13(17)14(10-5-4-6-11(16)7-10)18-19(9)12(8-21-2)15(20)22-3/h4-8H,1-3H3. The van der Waals surface area contributed by atoms with Gasteiger partial charge in [0.25, 0.3) is 0 Å². The highest BCUT2D eigenvalue weighted by atomic mass is 127. The van der Waals surface area contributed by atoms with Crippen LogP contribution in [0.3, 0.4) is 0 Å². The van der Waals surface area contributed by atoms with E-state index >= 15 is 0 Å². The lowest BCUT2D eigenvalue weighted by atomic mass is 10.1. The van der Waals surface area contributed by atoms with Crippen LogP contribution in [0.15, 0.2) is 30.5 Å². The molecule has 0 saturated heterocycles. The van der Waals surface area contributed by atoms with Crippen LogP contribution < -0.4 is 0 Å². The van der Waals surface area contributed by atoms with Crippen LogP contribution in [-0.2, 0) is 14.3 Å². The Morgan fingerprint density at radius 1 is 1.41 bits per heavy atom. The van der Waals surface area contributed by atoms with E-state index in [9.17, 15) is 4.79 Å². The smallest absolute Gasteiger partial charge is 0.359 e. The Balaban J connectivity index is 2.59. The number of aromatic nitrogens is 2. The van der Waals surface area contributed by atoms with Crippen molar-refractivity contribution in [2.45, 2.75) is 6.92 Å². The monoisotopic (exact) mass is 432 g/mol. The van der Waals surface area contributed by atoms with Crippen LogP contribution in [-0.4, -0.2) is 30.0 Å². The van der Waals surface area contributed by atoms with Gasteiger partial charge >= 0.3 is 5.97 Å². The summed E-state index contributed by atoms with van der Waals surface area (Å²) in [7, 11) is 2.78. The fourth-order valence-electron chi connectivity index (χ4n) is 1.94. The van der Waals surface area contributed by atoms with Gasteiger partial charge in [-0.05, 0) is 41.6 Å². The van der Waals surface area contributed by atoms with Crippen molar-refractivity contribution in [1.82, 2.24) is 9.78 Å². The van der Waals surface area contributed by atoms with E-state index in [1.165, 1.54) is 25.2 Å². The topological polar surface area (TPSA) is 53.4 Å². The van der Waals surface area contributed by atoms with E-state index < -0.39 is 5.97 Å². The summed E-state index contributed by atoms with van der Waals surface area (Å²) in [6.45, 7) is 1.87. The number of hydrogen-bond acceptors (Lipinski definition) is 4. The Hall–Kier alpha value is -1.54. The largest absolute Gasteiger partial charge is 0.502 e. The Morgan fingerprint density at radius 2 is 2.14 bits per heavy atom. The number of carbonyl (C=O) groups excluding carboxylic acids is 1. The summed E-state index contributed by atoms with van der Waals surface area (Å²) in [5, 5.41) is 5.14. The van der Waals surface area contributed by atoms with Gasteiger partial charge in [-0.3, -0.25) is 0 Å². The molecule has 0 unspecified atom stereocenters. The normalized spacial score (nSPS) is 11.4. The molecule has 2 aromatic rings. The number of nitrogens with zero attached hydrogens (tertiary/aromatic N) is 2. The highest BCUT2D eigenvalue weighted by Gasteiger charge is 2.21. The molecule has 0 saturated carbocycles. The fourth-order valence-corrected chi connectivity index (χ4v) is 2.78. The molecule has 1 aromatic heterocycles. The lowest BCUT2D eigenvalue weighted by Gasteiger charge is -2.07. The van der Waals surface area contributed by atoms with E-state index in [0.29, 0.717) is 5.02 Å². The number of esters is 1. The molecule has 7 heteroatoms. The third-order valence-corrected chi connectivity index (χ3v) is 4.52. The van der Waals surface area contributed by atoms with Crippen LogP contribution in [0.2, 0.25) is 5.02 Å². The first-order chi connectivity index (χ1) is 10.5. The van der Waals surface area contributed by atoms with Crippen molar-refractivity contribution in [3.8, 4) is 11.3 Å². The van der Waals surface area contributed by atoms with E-state index in [1.54, 1.807) is 6.07 Å². The molecule has 0 aliphatic rings. The van der Waals surface area contributed by atoms with Crippen LogP contribution in [0, 0.1) is 10.5 Å². The minimum absolute atomic E-state index is 0.202. The van der Waals surface area contributed by atoms with E-state index in [0.717, 1.165) is 20.5 Å². The molecule has 0 radical (unpaired) electrons. The number of ether oxygens (including phenoxy) is 2. The van der Waals surface area contributed by atoms with Crippen molar-refractivity contribution in [3.05, 3.63) is 44.8 Å². The molecular weight excluding hydrogens is 419 g/mol. The van der Waals surface area contributed by atoms with Gasteiger partial charge in [-0.1, -0.05) is 23.7 Å². The summed E-state index contributed by atoms with van der Waals surface area (Å²) in [6.07, 6.45) is 1.31. The average Bonchev–Trinajstić information content (AvgIpc) is 2.80. The maximum atomic E-state index is 11.9. The Kier molecular flexibility index (Phi) is 5.47. The molecule has 0 spiro atoms. The SMILES string of the molecule is COC=C(C(=O)OC)n1nc(-c2cccc(Cl)c2)c(I)c1C. The highest BCUT2D eigenvalue weighted by molar-refractivity contribution is 14.1. The third-order valence-electron chi connectivity index (χ3n) is 2.99. The van der Waals surface area contributed by atoms with Gasteiger partial charge in [0.15, 0.2) is 5.70 Å². The van der Waals surface area contributed by atoms with Crippen LogP contribution in [0.1, 0.15) is 5.69 Å². The van der Waals surface area contributed by atoms with Gasteiger partial charge in [-0.15, -0.1) is 0 Å². The van der Waals surface area contributed by atoms with Crippen LogP contribution in [0.4, 0.5) is 0 Å². The maximum absolute atomic E-state index is 11.9. The molecule has 0 aliphatic carbocycles. The summed E-state index contributed by atoms with van der Waals surface area (Å²) in [6, 6.07) is 7.40. The molecule has 2 rings (SSSR count). The second-order valence-electron chi connectivity index (χ2n) is 4.40. The number of rotatable bonds is 4. The number of methoxy groups -OCH3 is 2. The lowest BCUT2D eigenvalue weighted by Crippen LogP contribution is -2.13. The van der Waals surface area contributed by atoms with E-state index in [4.69, 9.17) is 21.1 Å². The molecule has 0 fully saturated rings. The Morgan fingerprint density at radius 3 is 2.73 bits per heavy atom. The molecule has 0 atom stereocenters. The predicted octanol–water partition coefficient (Wildman–Crippen LogP) is 3.73. The zero-order valence-corrected chi connectivity index (χ0v) is 15.2. The van der Waals surface area contributed by atoms with Crippen molar-refractivity contribution in [2.75, 3.05) is 14.2 Å². The van der Waals surface area contributed by atoms with Gasteiger partial charge in [-0.25, -0.2) is 9.48 Å². The van der Waals surface area contributed by atoms with Crippen LogP contribution in [0.5, 0.6) is 0 Å². The van der Waals surface area contributed by atoms with Gasteiger partial charge in [-0.2, -0.15) is 5.10 Å². The minimum atomic E-state index is -0.526. The van der Waals surface area contributed by atoms with Gasteiger partial charge in [0.05, 0.1) is 23.5 Å². The van der Waals surface area contributed by atoms with Crippen LogP contribution >= 0.6 is 34.2 Å². The zero-order chi connectivity index (χ0) is 16.3. The summed E-state index contributed by atoms with van der Waals surface area (Å²) >= 11 is 8.23. The van der Waals surface area contributed by atoms with Gasteiger partial charge < -0.3 is 9.47 Å². The first-order valence-electron chi connectivity index (χ1n) is 6.32. The zero-order valence-electron chi connectivity index (χ0n) is 12.3. The van der Waals surface area contributed by atoms with Gasteiger partial charge in [0, 0.05) is 10.6 Å². The fraction of sp³-hybridized carbons (Fsp3) is 0.200. The minimum Gasteiger partial charge on any atom is -0.502 e. The summed E-state index contributed by atoms with van der Waals surface area (Å²) in [4.78, 5) is 11.9. The first kappa shape index (κ1) is 16.8. The van der Waals surface area contributed by atoms with Crippen LogP contribution in [0.25, 0.3) is 17.0 Å². The quantitative estimate of drug-likeness (QED) is 0.320. The molecule has 0 N–H and O–H groups in total. The maximum Gasteiger partial charge on any atom is 0.359 e. The van der Waals surface area contributed by atoms with E-state index in [-0.39, 0.29) is 5.70 Å². The van der Waals surface area contributed by atoms with Crippen molar-refractivity contribution >= 4 is 45.9 Å². The Labute approximate surface area is 147 Å². The second kappa shape index (κ2) is 7.15. The molecule has 0 bridgehead atoms. The summed E-state index contributed by atoms with van der Waals surface area (Å²) < 4.78 is 12.2. The van der Waals surface area contributed by atoms with E-state index in [1.807, 2.05) is 25.1 Å². The molecule has 116 valence electrons. The molecule has 0 aliphatic heterocycles. The molecule has 5 nitrogen and oxygen atoms in total.